The fourth-order valence-electron chi connectivity index (χ4n) is 0.582. The van der Waals surface area contributed by atoms with Crippen LogP contribution >= 0.6 is 35.2 Å². The van der Waals surface area contributed by atoms with Gasteiger partial charge < -0.3 is 0 Å². The van der Waals surface area contributed by atoms with E-state index < -0.39 is 0 Å². The number of benzene rings is 1. The zero-order valence-corrected chi connectivity index (χ0v) is 8.06. The number of halogens is 1. The van der Waals surface area contributed by atoms with Gasteiger partial charge in [0, 0.05) is 8.47 Å². The van der Waals surface area contributed by atoms with Gasteiger partial charge in [-0.1, -0.05) is 0 Å². The Morgan fingerprint density at radius 2 is 2.20 bits per heavy atom. The second-order valence-electron chi connectivity index (χ2n) is 1.78. The van der Waals surface area contributed by atoms with Gasteiger partial charge in [0.2, 0.25) is 0 Å². The first kappa shape index (κ1) is 7.89. The van der Waals surface area contributed by atoms with E-state index in [0.29, 0.717) is 5.56 Å². The molecular weight excluding hydrogens is 257 g/mol. The van der Waals surface area contributed by atoms with E-state index in [1.807, 2.05) is 12.1 Å². The van der Waals surface area contributed by atoms with E-state index in [4.69, 9.17) is 5.26 Å². The van der Waals surface area contributed by atoms with Crippen molar-refractivity contribution < 1.29 is 0 Å². The lowest BCUT2D eigenvalue weighted by Gasteiger charge is -1.94. The highest BCUT2D eigenvalue weighted by Gasteiger charge is 1.94. The summed E-state index contributed by atoms with van der Waals surface area (Å²) >= 11 is 6.33. The fourth-order valence-corrected chi connectivity index (χ4v) is 1.13. The number of nitriles is 1. The van der Waals surface area contributed by atoms with Crippen molar-refractivity contribution in [1.82, 2.24) is 0 Å². The van der Waals surface area contributed by atoms with E-state index in [9.17, 15) is 0 Å². The molecule has 10 heavy (non-hydrogen) atoms. The molecule has 0 unspecified atom stereocenters. The lowest BCUT2D eigenvalue weighted by Crippen LogP contribution is -1.77. The van der Waals surface area contributed by atoms with Crippen LogP contribution in [0.15, 0.2) is 23.1 Å². The number of hydrogen-bond acceptors (Lipinski definition) is 2. The first-order valence-corrected chi connectivity index (χ1v) is 4.15. The van der Waals surface area contributed by atoms with Crippen molar-refractivity contribution in [1.29, 1.82) is 5.26 Å². The lowest BCUT2D eigenvalue weighted by molar-refractivity contribution is 1.37. The van der Waals surface area contributed by atoms with Gasteiger partial charge in [0.1, 0.15) is 0 Å². The van der Waals surface area contributed by atoms with Crippen LogP contribution in [0.25, 0.3) is 0 Å². The second-order valence-corrected chi connectivity index (χ2v) is 3.42. The van der Waals surface area contributed by atoms with Crippen LogP contribution < -0.4 is 0 Å². The van der Waals surface area contributed by atoms with Gasteiger partial charge in [-0.3, -0.25) is 0 Å². The first-order chi connectivity index (χ1) is 4.74. The van der Waals surface area contributed by atoms with Crippen LogP contribution in [-0.4, -0.2) is 0 Å². The van der Waals surface area contributed by atoms with E-state index in [2.05, 4.69) is 35.2 Å². The Morgan fingerprint density at radius 1 is 1.50 bits per heavy atom. The molecule has 0 saturated carbocycles. The van der Waals surface area contributed by atoms with Gasteiger partial charge in [-0.05, 0) is 40.8 Å². The van der Waals surface area contributed by atoms with Gasteiger partial charge in [0.25, 0.3) is 0 Å². The van der Waals surface area contributed by atoms with Crippen LogP contribution in [0, 0.1) is 14.9 Å². The first-order valence-electron chi connectivity index (χ1n) is 2.62. The van der Waals surface area contributed by atoms with Crippen molar-refractivity contribution in [3.8, 4) is 6.07 Å². The molecule has 0 heterocycles. The minimum Gasteiger partial charge on any atom is -0.192 e. The molecule has 0 aromatic heterocycles. The smallest absolute Gasteiger partial charge is 0.0992 e. The van der Waals surface area contributed by atoms with Crippen molar-refractivity contribution in [2.24, 2.45) is 0 Å². The molecular formula is C7H4INS. The summed E-state index contributed by atoms with van der Waals surface area (Å²) in [6.07, 6.45) is 0. The van der Waals surface area contributed by atoms with Crippen molar-refractivity contribution >= 4 is 35.2 Å². The van der Waals surface area contributed by atoms with Crippen LogP contribution in [-0.2, 0) is 0 Å². The third-order valence-corrected chi connectivity index (χ3v) is 2.81. The predicted molar refractivity (Wildman–Crippen MR) is 51.1 cm³/mol. The average molecular weight is 261 g/mol. The van der Waals surface area contributed by atoms with Gasteiger partial charge in [-0.15, -0.1) is 12.6 Å². The molecule has 0 atom stereocenters. The third kappa shape index (κ3) is 1.64. The Bertz CT molecular complexity index is 290. The highest BCUT2D eigenvalue weighted by atomic mass is 127. The summed E-state index contributed by atoms with van der Waals surface area (Å²) in [4.78, 5) is 0.861. The molecule has 1 aromatic rings. The number of hydrogen-bond donors (Lipinski definition) is 1. The molecule has 0 N–H and O–H groups in total. The molecule has 0 amide bonds. The van der Waals surface area contributed by atoms with Gasteiger partial charge in [-0.25, -0.2) is 0 Å². The minimum absolute atomic E-state index is 0.658. The summed E-state index contributed by atoms with van der Waals surface area (Å²) in [5.74, 6) is 0. The Hall–Kier alpha value is -0.210. The maximum absolute atomic E-state index is 8.47. The van der Waals surface area contributed by atoms with Crippen LogP contribution in [0.3, 0.4) is 0 Å². The molecule has 0 aliphatic rings. The fraction of sp³-hybridized carbons (Fsp3) is 0. The Labute approximate surface area is 78.6 Å². The van der Waals surface area contributed by atoms with Crippen molar-refractivity contribution in [2.75, 3.05) is 0 Å². The highest BCUT2D eigenvalue weighted by molar-refractivity contribution is 14.1. The van der Waals surface area contributed by atoms with E-state index in [1.165, 1.54) is 0 Å². The zero-order chi connectivity index (χ0) is 7.56. The Balaban J connectivity index is 3.20. The number of nitrogens with zero attached hydrogens (tertiary/aromatic N) is 1. The maximum atomic E-state index is 8.47. The molecule has 0 aliphatic heterocycles. The third-order valence-electron chi connectivity index (χ3n) is 1.08. The average Bonchev–Trinajstić information content (AvgIpc) is 1.95. The summed E-state index contributed by atoms with van der Waals surface area (Å²) in [6.45, 7) is 0. The van der Waals surface area contributed by atoms with Crippen molar-refractivity contribution in [2.45, 2.75) is 4.90 Å². The maximum Gasteiger partial charge on any atom is 0.0992 e. The van der Waals surface area contributed by atoms with Gasteiger partial charge in [0.05, 0.1) is 11.6 Å². The molecule has 0 bridgehead atoms. The Kier molecular flexibility index (Phi) is 2.57. The van der Waals surface area contributed by atoms with Crippen LogP contribution in [0.2, 0.25) is 0 Å². The van der Waals surface area contributed by atoms with Crippen molar-refractivity contribution in [3.63, 3.8) is 0 Å². The molecule has 1 aromatic carbocycles. The van der Waals surface area contributed by atoms with Gasteiger partial charge in [-0.2, -0.15) is 5.26 Å². The van der Waals surface area contributed by atoms with Gasteiger partial charge in [0.15, 0.2) is 0 Å². The molecule has 0 saturated heterocycles. The number of thiol groups is 1. The molecule has 0 radical (unpaired) electrons. The molecule has 1 rings (SSSR count). The molecule has 0 spiro atoms. The topological polar surface area (TPSA) is 23.8 Å². The lowest BCUT2D eigenvalue weighted by atomic mass is 10.2. The van der Waals surface area contributed by atoms with E-state index in [1.54, 1.807) is 12.1 Å². The molecule has 0 aliphatic carbocycles. The highest BCUT2D eigenvalue weighted by Crippen LogP contribution is 2.16. The van der Waals surface area contributed by atoms with Crippen LogP contribution in [0.1, 0.15) is 5.56 Å². The summed E-state index contributed by atoms with van der Waals surface area (Å²) < 4.78 is 1.07. The minimum atomic E-state index is 0.658. The molecule has 3 heteroatoms. The van der Waals surface area contributed by atoms with E-state index in [-0.39, 0.29) is 0 Å². The number of rotatable bonds is 0. The Morgan fingerprint density at radius 3 is 2.70 bits per heavy atom. The molecule has 0 fully saturated rings. The van der Waals surface area contributed by atoms with Crippen LogP contribution in [0.4, 0.5) is 0 Å². The summed E-state index contributed by atoms with van der Waals surface area (Å²) in [6, 6.07) is 7.45. The largest absolute Gasteiger partial charge is 0.192 e. The summed E-state index contributed by atoms with van der Waals surface area (Å²) in [7, 11) is 0. The van der Waals surface area contributed by atoms with Crippen molar-refractivity contribution in [3.05, 3.63) is 27.3 Å². The summed E-state index contributed by atoms with van der Waals surface area (Å²) in [5, 5.41) is 8.47. The monoisotopic (exact) mass is 261 g/mol. The predicted octanol–water partition coefficient (Wildman–Crippen LogP) is 2.45. The standard InChI is InChI=1S/C7H4INS/c8-6-2-1-5(4-9)3-7(6)10/h1-3,10H. The van der Waals surface area contributed by atoms with E-state index >= 15 is 0 Å². The molecule has 1 nitrogen and oxygen atoms in total. The normalized spacial score (nSPS) is 8.90. The zero-order valence-electron chi connectivity index (χ0n) is 5.00. The quantitative estimate of drug-likeness (QED) is 0.563. The SMILES string of the molecule is N#Cc1ccc(I)c(S)c1. The van der Waals surface area contributed by atoms with Gasteiger partial charge >= 0.3 is 0 Å². The van der Waals surface area contributed by atoms with Crippen LogP contribution in [0.5, 0.6) is 0 Å². The second kappa shape index (κ2) is 3.26. The summed E-state index contributed by atoms with van der Waals surface area (Å²) in [5.41, 5.74) is 0.658. The van der Waals surface area contributed by atoms with E-state index in [0.717, 1.165) is 8.47 Å². The molecule has 50 valence electrons.